The lowest BCUT2D eigenvalue weighted by Crippen LogP contribution is -2.52. The summed E-state index contributed by atoms with van der Waals surface area (Å²) in [6.45, 7) is 6.64. The van der Waals surface area contributed by atoms with Crippen molar-refractivity contribution in [2.45, 2.75) is 18.4 Å². The van der Waals surface area contributed by atoms with Crippen LogP contribution >= 0.6 is 15.9 Å². The molecular formula is C17H21BrN2O4. The molecule has 1 spiro atoms. The minimum Gasteiger partial charge on any atom is -0.479 e. The highest BCUT2D eigenvalue weighted by Gasteiger charge is 2.44. The van der Waals surface area contributed by atoms with Gasteiger partial charge in [0.25, 0.3) is 0 Å². The number of carbonyl (C=O) groups is 1. The van der Waals surface area contributed by atoms with Crippen LogP contribution in [0.4, 0.5) is 10.5 Å². The molecule has 2 heterocycles. The number of benzene rings is 1. The molecule has 6 nitrogen and oxygen atoms in total. The van der Waals surface area contributed by atoms with Gasteiger partial charge in [0.2, 0.25) is 0 Å². The zero-order valence-corrected chi connectivity index (χ0v) is 15.2. The lowest BCUT2D eigenvalue weighted by atomic mass is 9.88. The van der Waals surface area contributed by atoms with E-state index in [1.165, 1.54) is 7.11 Å². The number of nitrogens with zero attached hydrogens (tertiary/aromatic N) is 1. The van der Waals surface area contributed by atoms with Crippen LogP contribution in [0.15, 0.2) is 34.9 Å². The van der Waals surface area contributed by atoms with Crippen molar-refractivity contribution in [3.63, 3.8) is 0 Å². The highest BCUT2D eigenvalue weighted by Crippen LogP contribution is 2.46. The van der Waals surface area contributed by atoms with E-state index in [-0.39, 0.29) is 0 Å². The standard InChI is InChI=1S/C17H21BrN2O4/c1-12-17(5-9-23-10-6-17)24-15-4-3-13(18)11-14(15)20(12)8-7-19-16(21)22-2/h3-4,11H,1,5-10H2,2H3,(H,19,21). The number of anilines is 1. The summed E-state index contributed by atoms with van der Waals surface area (Å²) in [5, 5.41) is 2.72. The number of nitrogens with one attached hydrogen (secondary N) is 1. The van der Waals surface area contributed by atoms with Gasteiger partial charge in [0, 0.05) is 30.4 Å². The molecule has 1 aromatic rings. The maximum absolute atomic E-state index is 11.3. The summed E-state index contributed by atoms with van der Waals surface area (Å²) in [5.41, 5.74) is 1.41. The summed E-state index contributed by atoms with van der Waals surface area (Å²) in [4.78, 5) is 13.4. The first-order chi connectivity index (χ1) is 11.6. The second-order valence-electron chi connectivity index (χ2n) is 5.84. The molecule has 2 aliphatic heterocycles. The molecule has 2 aliphatic rings. The van der Waals surface area contributed by atoms with E-state index in [0.717, 1.165) is 34.4 Å². The molecular weight excluding hydrogens is 376 g/mol. The first-order valence-electron chi connectivity index (χ1n) is 7.91. The van der Waals surface area contributed by atoms with Crippen LogP contribution in [-0.4, -0.2) is 45.1 Å². The van der Waals surface area contributed by atoms with E-state index in [2.05, 4.69) is 37.5 Å². The average molecular weight is 397 g/mol. The number of ether oxygens (including phenoxy) is 3. The number of halogens is 1. The molecule has 1 aromatic carbocycles. The van der Waals surface area contributed by atoms with Crippen LogP contribution in [0.3, 0.4) is 0 Å². The molecule has 0 radical (unpaired) electrons. The summed E-state index contributed by atoms with van der Waals surface area (Å²) >= 11 is 3.51. The monoisotopic (exact) mass is 396 g/mol. The average Bonchev–Trinajstić information content (AvgIpc) is 2.59. The van der Waals surface area contributed by atoms with Gasteiger partial charge < -0.3 is 24.4 Å². The number of fused-ring (bicyclic) bond motifs is 1. The molecule has 0 bridgehead atoms. The molecule has 0 unspecified atom stereocenters. The van der Waals surface area contributed by atoms with Gasteiger partial charge >= 0.3 is 6.09 Å². The van der Waals surface area contributed by atoms with Gasteiger partial charge in [-0.05, 0) is 18.2 Å². The Kier molecular flexibility index (Phi) is 5.01. The SMILES string of the molecule is C=C1N(CCNC(=O)OC)c2cc(Br)ccc2OC12CCOCC2. The first-order valence-corrected chi connectivity index (χ1v) is 8.70. The zero-order valence-electron chi connectivity index (χ0n) is 13.6. The lowest BCUT2D eigenvalue weighted by molar-refractivity contribution is -0.0280. The number of carbonyl (C=O) groups excluding carboxylic acids is 1. The summed E-state index contributed by atoms with van der Waals surface area (Å²) in [5.74, 6) is 0.825. The van der Waals surface area contributed by atoms with Crippen LogP contribution in [0.2, 0.25) is 0 Å². The molecule has 1 fully saturated rings. The summed E-state index contributed by atoms with van der Waals surface area (Å²) < 4.78 is 17.4. The number of alkyl carbamates (subject to hydrolysis) is 1. The second kappa shape index (κ2) is 7.03. The van der Waals surface area contributed by atoms with Crippen molar-refractivity contribution in [2.24, 2.45) is 0 Å². The third kappa shape index (κ3) is 3.23. The molecule has 0 aromatic heterocycles. The van der Waals surface area contributed by atoms with Crippen LogP contribution in [-0.2, 0) is 9.47 Å². The van der Waals surface area contributed by atoms with Crippen molar-refractivity contribution in [3.05, 3.63) is 34.9 Å². The topological polar surface area (TPSA) is 60.0 Å². The Morgan fingerprint density at radius 2 is 2.21 bits per heavy atom. The molecule has 7 heteroatoms. The van der Waals surface area contributed by atoms with Crippen LogP contribution in [0.1, 0.15) is 12.8 Å². The number of hydrogen-bond acceptors (Lipinski definition) is 5. The summed E-state index contributed by atoms with van der Waals surface area (Å²) in [6.07, 6.45) is 1.09. The largest absolute Gasteiger partial charge is 0.479 e. The van der Waals surface area contributed by atoms with E-state index in [1.54, 1.807) is 0 Å². The fourth-order valence-corrected chi connectivity index (χ4v) is 3.49. The fourth-order valence-electron chi connectivity index (χ4n) is 3.14. The molecule has 130 valence electrons. The highest BCUT2D eigenvalue weighted by molar-refractivity contribution is 9.10. The van der Waals surface area contributed by atoms with E-state index in [1.807, 2.05) is 18.2 Å². The van der Waals surface area contributed by atoms with Gasteiger partial charge in [-0.1, -0.05) is 22.5 Å². The molecule has 24 heavy (non-hydrogen) atoms. The minimum atomic E-state index is -0.441. The van der Waals surface area contributed by atoms with Crippen molar-refractivity contribution in [1.82, 2.24) is 5.32 Å². The van der Waals surface area contributed by atoms with Crippen molar-refractivity contribution >= 4 is 27.7 Å². The smallest absolute Gasteiger partial charge is 0.406 e. The van der Waals surface area contributed by atoms with Gasteiger partial charge in [-0.15, -0.1) is 0 Å². The number of hydrogen-bond donors (Lipinski definition) is 1. The molecule has 1 saturated heterocycles. The van der Waals surface area contributed by atoms with Gasteiger partial charge in [0.1, 0.15) is 5.75 Å². The van der Waals surface area contributed by atoms with Gasteiger partial charge in [0.15, 0.2) is 5.60 Å². The van der Waals surface area contributed by atoms with Crippen molar-refractivity contribution in [2.75, 3.05) is 38.3 Å². The maximum Gasteiger partial charge on any atom is 0.406 e. The predicted molar refractivity (Wildman–Crippen MR) is 94.4 cm³/mol. The van der Waals surface area contributed by atoms with Gasteiger partial charge in [-0.3, -0.25) is 0 Å². The lowest BCUT2D eigenvalue weighted by Gasteiger charge is -2.48. The van der Waals surface area contributed by atoms with E-state index >= 15 is 0 Å². The maximum atomic E-state index is 11.3. The first kappa shape index (κ1) is 17.1. The van der Waals surface area contributed by atoms with Crippen LogP contribution in [0, 0.1) is 0 Å². The predicted octanol–water partition coefficient (Wildman–Crippen LogP) is 3.07. The van der Waals surface area contributed by atoms with Crippen LogP contribution in [0.5, 0.6) is 5.75 Å². The van der Waals surface area contributed by atoms with Gasteiger partial charge in [-0.2, -0.15) is 0 Å². The number of amides is 1. The van der Waals surface area contributed by atoms with Crippen LogP contribution in [0.25, 0.3) is 0 Å². The Balaban J connectivity index is 1.87. The Morgan fingerprint density at radius 1 is 1.46 bits per heavy atom. The summed E-state index contributed by atoms with van der Waals surface area (Å²) in [7, 11) is 1.35. The minimum absolute atomic E-state index is 0.440. The summed E-state index contributed by atoms with van der Waals surface area (Å²) in [6, 6.07) is 5.93. The van der Waals surface area contributed by atoms with Gasteiger partial charge in [-0.25, -0.2) is 4.79 Å². The quantitative estimate of drug-likeness (QED) is 0.850. The molecule has 3 rings (SSSR count). The number of rotatable bonds is 3. The van der Waals surface area contributed by atoms with E-state index < -0.39 is 11.7 Å². The normalized spacial score (nSPS) is 18.8. The van der Waals surface area contributed by atoms with Crippen molar-refractivity contribution in [1.29, 1.82) is 0 Å². The van der Waals surface area contributed by atoms with Gasteiger partial charge in [0.05, 0.1) is 31.7 Å². The highest BCUT2D eigenvalue weighted by atomic mass is 79.9. The molecule has 1 amide bonds. The fraction of sp³-hybridized carbons (Fsp3) is 0.471. The van der Waals surface area contributed by atoms with E-state index in [9.17, 15) is 4.79 Å². The van der Waals surface area contributed by atoms with Crippen molar-refractivity contribution < 1.29 is 19.0 Å². The van der Waals surface area contributed by atoms with Crippen LogP contribution < -0.4 is 15.0 Å². The molecule has 0 saturated carbocycles. The Hall–Kier alpha value is -1.73. The Labute approximate surface area is 149 Å². The third-order valence-electron chi connectivity index (χ3n) is 4.46. The third-order valence-corrected chi connectivity index (χ3v) is 4.95. The zero-order chi connectivity index (χ0) is 17.2. The molecule has 0 aliphatic carbocycles. The Morgan fingerprint density at radius 3 is 2.92 bits per heavy atom. The number of methoxy groups -OCH3 is 1. The Bertz CT molecular complexity index is 643. The van der Waals surface area contributed by atoms with Crippen molar-refractivity contribution in [3.8, 4) is 5.75 Å². The van der Waals surface area contributed by atoms with E-state index in [0.29, 0.717) is 26.3 Å². The molecule has 0 atom stereocenters. The second-order valence-corrected chi connectivity index (χ2v) is 6.75. The van der Waals surface area contributed by atoms with E-state index in [4.69, 9.17) is 9.47 Å². The molecule has 1 N–H and O–H groups in total.